The Morgan fingerprint density at radius 3 is 2.69 bits per heavy atom. The molecule has 1 atom stereocenters. The molecule has 2 rings (SSSR count). The normalized spacial score (nSPS) is 11.3. The van der Waals surface area contributed by atoms with Crippen LogP contribution in [0.1, 0.15) is 41.6 Å². The molecule has 0 aliphatic carbocycles. The largest absolute Gasteiger partial charge is 0.510 e. The van der Waals surface area contributed by atoms with Crippen molar-refractivity contribution in [2.24, 2.45) is 7.05 Å². The second-order valence-electron chi connectivity index (χ2n) is 5.39. The fourth-order valence-corrected chi connectivity index (χ4v) is 2.22. The summed E-state index contributed by atoms with van der Waals surface area (Å²) >= 11 is 0. The third-order valence-electron chi connectivity index (χ3n) is 3.46. The van der Waals surface area contributed by atoms with Crippen LogP contribution in [0.3, 0.4) is 0 Å². The first-order valence-electron chi connectivity index (χ1n) is 7.79. The Morgan fingerprint density at radius 1 is 1.38 bits per heavy atom. The summed E-state index contributed by atoms with van der Waals surface area (Å²) in [6.07, 6.45) is -1.56. The number of anilines is 1. The van der Waals surface area contributed by atoms with E-state index in [1.807, 2.05) is 19.9 Å². The summed E-state index contributed by atoms with van der Waals surface area (Å²) < 4.78 is 11.2. The van der Waals surface area contributed by atoms with Crippen molar-refractivity contribution in [3.05, 3.63) is 34.9 Å². The summed E-state index contributed by atoms with van der Waals surface area (Å²) in [5.41, 5.74) is 2.19. The van der Waals surface area contributed by atoms with Crippen LogP contribution in [0.15, 0.2) is 12.1 Å². The van der Waals surface area contributed by atoms with Crippen LogP contribution in [0, 0.1) is 19.9 Å². The fraction of sp³-hybridized carbons (Fsp3) is 0.438. The standard InChI is InChI=1S/C16H20N5O4.Y/c1-6-24-16(23)25-12(4)21-19-18-15(20(21)5)17-14(22)13-8-7-10(2)9-11(13)3;/h7-8,12H,6H2,1-5H3;/q-1;/p+1. The Kier molecular flexibility index (Phi) is 8.30. The van der Waals surface area contributed by atoms with Crippen molar-refractivity contribution in [2.75, 3.05) is 11.9 Å². The number of carbonyl (C=O) groups is 2. The van der Waals surface area contributed by atoms with Crippen molar-refractivity contribution in [3.63, 3.8) is 0 Å². The summed E-state index contributed by atoms with van der Waals surface area (Å²) in [4.78, 5) is 25.1. The second kappa shape index (κ2) is 9.73. The molecule has 0 saturated heterocycles. The Labute approximate surface area is 176 Å². The first-order chi connectivity index (χ1) is 11.8. The van der Waals surface area contributed by atoms with Crippen LogP contribution in [-0.4, -0.2) is 33.8 Å². The number of rotatable bonds is 5. The van der Waals surface area contributed by atoms with Gasteiger partial charge in [-0.05, 0) is 18.6 Å². The van der Waals surface area contributed by atoms with E-state index in [0.29, 0.717) is 5.56 Å². The molecular weight excluding hydrogens is 415 g/mol. The molecule has 0 aliphatic rings. The van der Waals surface area contributed by atoms with Gasteiger partial charge in [-0.3, -0.25) is 4.79 Å². The topological polar surface area (TPSA) is 99.2 Å². The predicted octanol–water partition coefficient (Wildman–Crippen LogP) is 1.46. The summed E-state index contributed by atoms with van der Waals surface area (Å²) in [6, 6.07) is 6.64. The van der Waals surface area contributed by atoms with E-state index in [1.54, 1.807) is 27.0 Å². The van der Waals surface area contributed by atoms with Crippen LogP contribution in [0.4, 0.5) is 10.7 Å². The maximum Gasteiger partial charge on any atom is 0.510 e. The molecule has 1 aromatic heterocycles. The molecule has 26 heavy (non-hydrogen) atoms. The molecule has 1 unspecified atom stereocenters. The maximum atomic E-state index is 12.4. The molecule has 0 saturated carbocycles. The van der Waals surface area contributed by atoms with Crippen molar-refractivity contribution < 1.29 is 56.5 Å². The second-order valence-corrected chi connectivity index (χ2v) is 5.39. The third kappa shape index (κ3) is 5.31. The molecule has 0 aliphatic heterocycles. The van der Waals surface area contributed by atoms with Crippen LogP contribution in [0.2, 0.25) is 0 Å². The summed E-state index contributed by atoms with van der Waals surface area (Å²) in [6.45, 7) is 7.22. The summed E-state index contributed by atoms with van der Waals surface area (Å²) in [5.74, 6) is -0.111. The Balaban J connectivity index is 0.00000338. The molecule has 2 aromatic rings. The van der Waals surface area contributed by atoms with Gasteiger partial charge >= 0.3 is 12.1 Å². The molecule has 9 nitrogen and oxygen atoms in total. The number of aromatic nitrogens is 4. The molecule has 137 valence electrons. The Hall–Kier alpha value is -1.87. The van der Waals surface area contributed by atoms with Gasteiger partial charge in [0.2, 0.25) is 12.1 Å². The third-order valence-corrected chi connectivity index (χ3v) is 3.46. The zero-order valence-electron chi connectivity index (χ0n) is 15.4. The van der Waals surface area contributed by atoms with E-state index in [9.17, 15) is 9.59 Å². The van der Waals surface area contributed by atoms with Crippen LogP contribution < -0.4 is 10.00 Å². The molecule has 1 aromatic carbocycles. The monoisotopic (exact) mass is 436 g/mol. The quantitative estimate of drug-likeness (QED) is 0.433. The van der Waals surface area contributed by atoms with Gasteiger partial charge in [0, 0.05) is 32.7 Å². The van der Waals surface area contributed by atoms with Gasteiger partial charge in [0.1, 0.15) is 5.21 Å². The van der Waals surface area contributed by atoms with Crippen molar-refractivity contribution >= 4 is 18.0 Å². The average Bonchev–Trinajstić information content (AvgIpc) is 2.88. The molecule has 10 heteroatoms. The smallest absolute Gasteiger partial charge is 0.435 e. The zero-order valence-corrected chi connectivity index (χ0v) is 18.3. The summed E-state index contributed by atoms with van der Waals surface area (Å²) in [7, 11) is 1.63. The van der Waals surface area contributed by atoms with E-state index in [2.05, 4.69) is 21.7 Å². The average molecular weight is 436 g/mol. The van der Waals surface area contributed by atoms with E-state index in [4.69, 9.17) is 9.47 Å². The Morgan fingerprint density at radius 2 is 2.08 bits per heavy atom. The molecule has 0 fully saturated rings. The van der Waals surface area contributed by atoms with Crippen molar-refractivity contribution in [1.82, 2.24) is 15.1 Å². The van der Waals surface area contributed by atoms with Gasteiger partial charge < -0.3 is 9.47 Å². The van der Waals surface area contributed by atoms with Gasteiger partial charge in [-0.2, -0.15) is 34.0 Å². The van der Waals surface area contributed by atoms with E-state index in [1.165, 1.54) is 9.48 Å². The van der Waals surface area contributed by atoms with Gasteiger partial charge in [-0.15, -0.1) is 0 Å². The molecule has 1 amide bonds. The zero-order chi connectivity index (χ0) is 18.6. The van der Waals surface area contributed by atoms with E-state index in [-0.39, 0.29) is 51.2 Å². The minimum Gasteiger partial charge on any atom is -0.435 e. The van der Waals surface area contributed by atoms with Gasteiger partial charge in [-0.1, -0.05) is 19.4 Å². The molecule has 1 radical (unpaired) electrons. The van der Waals surface area contributed by atoms with Gasteiger partial charge in [0.05, 0.1) is 18.8 Å². The molecule has 1 heterocycles. The molecule has 0 bridgehead atoms. The fourth-order valence-electron chi connectivity index (χ4n) is 2.22. The van der Waals surface area contributed by atoms with E-state index in [0.717, 1.165) is 11.1 Å². The van der Waals surface area contributed by atoms with E-state index < -0.39 is 12.4 Å². The van der Waals surface area contributed by atoms with Crippen molar-refractivity contribution in [3.8, 4) is 0 Å². The minimum atomic E-state index is -0.804. The number of aryl methyl sites for hydroxylation is 2. The molecular formula is C16H21N5O4Y. The first kappa shape index (κ1) is 22.2. The number of nitrogens with one attached hydrogen (secondary N) is 1. The van der Waals surface area contributed by atoms with Gasteiger partial charge in [0.15, 0.2) is 0 Å². The van der Waals surface area contributed by atoms with Crippen molar-refractivity contribution in [2.45, 2.75) is 33.9 Å². The van der Waals surface area contributed by atoms with E-state index >= 15 is 0 Å². The molecule has 0 spiro atoms. The molecule has 1 N–H and O–H groups in total. The number of benzene rings is 1. The van der Waals surface area contributed by atoms with Crippen LogP contribution >= 0.6 is 0 Å². The maximum absolute atomic E-state index is 12.4. The van der Waals surface area contributed by atoms with Crippen LogP contribution in [0.25, 0.3) is 0 Å². The number of ether oxygens (including phenoxy) is 2. The number of amides is 1. The van der Waals surface area contributed by atoms with Crippen LogP contribution in [-0.2, 0) is 49.2 Å². The predicted molar refractivity (Wildman–Crippen MR) is 86.7 cm³/mol. The Bertz CT molecular complexity index is 793. The van der Waals surface area contributed by atoms with Gasteiger partial charge in [-0.25, -0.2) is 10.1 Å². The van der Waals surface area contributed by atoms with Crippen LogP contribution in [0.5, 0.6) is 0 Å². The number of tetrazole rings is 1. The van der Waals surface area contributed by atoms with Gasteiger partial charge in [0.25, 0.3) is 0 Å². The SMILES string of the molecule is CCOC(=O)OC(C)n1nnc(NC(=O)c2ccc(C)[c-]c2C)[n+]1C.[Y]. The number of hydrogen-bond acceptors (Lipinski definition) is 6. The summed E-state index contributed by atoms with van der Waals surface area (Å²) in [5, 5.41) is 10.5. The van der Waals surface area contributed by atoms with Crippen molar-refractivity contribution in [1.29, 1.82) is 0 Å². The first-order valence-corrected chi connectivity index (χ1v) is 7.79. The minimum absolute atomic E-state index is 0. The number of carbonyl (C=O) groups excluding carboxylic acids is 2. The number of nitrogens with zero attached hydrogens (tertiary/aromatic N) is 4. The number of hydrogen-bond donors (Lipinski definition) is 1.